The van der Waals surface area contributed by atoms with Crippen LogP contribution in [0.15, 0.2) is 48.5 Å². The van der Waals surface area contributed by atoms with Gasteiger partial charge in [-0.1, -0.05) is 54.8 Å². The number of aromatic amines is 1. The number of hydrogen-bond donors (Lipinski definition) is 3. The molecule has 8 nitrogen and oxygen atoms in total. The van der Waals surface area contributed by atoms with Crippen molar-refractivity contribution in [1.29, 1.82) is 0 Å². The number of hydrogen-bond acceptors (Lipinski definition) is 4. The van der Waals surface area contributed by atoms with E-state index in [9.17, 15) is 14.4 Å². The van der Waals surface area contributed by atoms with Crippen LogP contribution in [0.4, 0.5) is 0 Å². The summed E-state index contributed by atoms with van der Waals surface area (Å²) in [6.45, 7) is 0.565. The lowest BCUT2D eigenvalue weighted by Crippen LogP contribution is -2.63. The largest absolute Gasteiger partial charge is 0.356 e. The van der Waals surface area contributed by atoms with Crippen LogP contribution in [0.25, 0.3) is 10.9 Å². The fraction of sp³-hybridized carbons (Fsp3) is 0.370. The van der Waals surface area contributed by atoms with Crippen LogP contribution in [0.2, 0.25) is 5.02 Å². The number of halogens is 1. The van der Waals surface area contributed by atoms with E-state index in [1.54, 1.807) is 15.3 Å². The van der Waals surface area contributed by atoms with E-state index < -0.39 is 11.9 Å². The molecule has 0 spiro atoms. The standard InChI is InChI=1S/C27H29ClN4O4/c28-18-12-10-17(11-13-18)26-25-20(19-7-4-5-8-21(19)29-25)15-22-27(35)31(16-24(34)32(22)26)14-6-2-1-3-9-23(33)30-36/h4-5,7-8,10-13,22,26,29,36H,1-3,6,9,14-16H2,(H,30,33)/t22-,26-/m0/s1. The number of fused-ring (bicyclic) bond motifs is 4. The van der Waals surface area contributed by atoms with Gasteiger partial charge in [0.05, 0.1) is 12.6 Å². The number of para-hydroxylation sites is 1. The van der Waals surface area contributed by atoms with Crippen molar-refractivity contribution in [3.8, 4) is 0 Å². The van der Waals surface area contributed by atoms with Gasteiger partial charge in [0, 0.05) is 41.0 Å². The molecule has 9 heteroatoms. The molecule has 3 N–H and O–H groups in total. The van der Waals surface area contributed by atoms with Gasteiger partial charge in [-0.25, -0.2) is 5.48 Å². The topological polar surface area (TPSA) is 106 Å². The van der Waals surface area contributed by atoms with E-state index in [0.29, 0.717) is 24.4 Å². The molecule has 0 saturated carbocycles. The second kappa shape index (κ2) is 10.3. The number of amides is 3. The summed E-state index contributed by atoms with van der Waals surface area (Å²) >= 11 is 6.15. The fourth-order valence-electron chi connectivity index (χ4n) is 5.50. The molecule has 1 fully saturated rings. The van der Waals surface area contributed by atoms with Crippen molar-refractivity contribution >= 4 is 40.2 Å². The Morgan fingerprint density at radius 2 is 1.81 bits per heavy atom. The van der Waals surface area contributed by atoms with Gasteiger partial charge in [-0.3, -0.25) is 19.6 Å². The van der Waals surface area contributed by atoms with Crippen molar-refractivity contribution in [2.45, 2.75) is 50.6 Å². The van der Waals surface area contributed by atoms with Crippen LogP contribution in [-0.4, -0.2) is 56.8 Å². The van der Waals surface area contributed by atoms with Gasteiger partial charge in [0.15, 0.2) is 0 Å². The second-order valence-corrected chi connectivity index (χ2v) is 9.93. The van der Waals surface area contributed by atoms with Crippen molar-refractivity contribution in [2.24, 2.45) is 0 Å². The van der Waals surface area contributed by atoms with E-state index in [1.165, 1.54) is 0 Å². The molecule has 2 aliphatic rings. The van der Waals surface area contributed by atoms with Gasteiger partial charge in [-0.05, 0) is 42.2 Å². The lowest BCUT2D eigenvalue weighted by molar-refractivity contribution is -0.158. The third-order valence-electron chi connectivity index (χ3n) is 7.23. The molecule has 0 aliphatic carbocycles. The summed E-state index contributed by atoms with van der Waals surface area (Å²) in [5.74, 6) is -0.483. The molecular weight excluding hydrogens is 480 g/mol. The molecule has 3 heterocycles. The molecule has 3 aromatic rings. The first-order valence-electron chi connectivity index (χ1n) is 12.4. The van der Waals surface area contributed by atoms with Gasteiger partial charge in [0.25, 0.3) is 0 Å². The molecule has 2 aromatic carbocycles. The number of H-pyrrole nitrogens is 1. The van der Waals surface area contributed by atoms with Crippen molar-refractivity contribution in [2.75, 3.05) is 13.1 Å². The van der Waals surface area contributed by atoms with E-state index >= 15 is 0 Å². The fourth-order valence-corrected chi connectivity index (χ4v) is 5.63. The van der Waals surface area contributed by atoms with Gasteiger partial charge in [0.2, 0.25) is 17.7 Å². The third kappa shape index (κ3) is 4.58. The Bertz CT molecular complexity index is 1290. The number of rotatable bonds is 8. The molecule has 0 radical (unpaired) electrons. The average molecular weight is 509 g/mol. The molecule has 1 aromatic heterocycles. The predicted molar refractivity (Wildman–Crippen MR) is 136 cm³/mol. The summed E-state index contributed by atoms with van der Waals surface area (Å²) < 4.78 is 0. The van der Waals surface area contributed by atoms with Gasteiger partial charge < -0.3 is 14.8 Å². The molecule has 36 heavy (non-hydrogen) atoms. The van der Waals surface area contributed by atoms with E-state index in [-0.39, 0.29) is 30.8 Å². The molecule has 188 valence electrons. The Kier molecular flexibility index (Phi) is 6.98. The molecule has 1 saturated heterocycles. The highest BCUT2D eigenvalue weighted by Crippen LogP contribution is 2.42. The number of piperazine rings is 1. The monoisotopic (exact) mass is 508 g/mol. The Morgan fingerprint density at radius 1 is 1.06 bits per heavy atom. The minimum absolute atomic E-state index is 0.0239. The highest BCUT2D eigenvalue weighted by molar-refractivity contribution is 6.30. The maximum absolute atomic E-state index is 13.7. The van der Waals surface area contributed by atoms with Gasteiger partial charge in [0.1, 0.15) is 6.04 Å². The Labute approximate surface area is 214 Å². The number of aromatic nitrogens is 1. The Hall–Kier alpha value is -3.36. The quantitative estimate of drug-likeness (QED) is 0.243. The zero-order valence-corrected chi connectivity index (χ0v) is 20.6. The average Bonchev–Trinajstić information content (AvgIpc) is 3.26. The smallest absolute Gasteiger partial charge is 0.246 e. The SMILES string of the molecule is O=C(CCCCCCN1CC(=O)N2[C@@H](c3ccc(Cl)cc3)c3[nH]c4ccccc4c3C[C@H]2C1=O)NO. The third-order valence-corrected chi connectivity index (χ3v) is 7.49. The minimum Gasteiger partial charge on any atom is -0.356 e. The summed E-state index contributed by atoms with van der Waals surface area (Å²) in [5, 5.41) is 10.3. The minimum atomic E-state index is -0.563. The van der Waals surface area contributed by atoms with Gasteiger partial charge in [-0.15, -0.1) is 0 Å². The number of carbonyl (C=O) groups is 3. The van der Waals surface area contributed by atoms with Crippen LogP contribution in [-0.2, 0) is 20.8 Å². The lowest BCUT2D eigenvalue weighted by atomic mass is 9.86. The molecule has 3 amide bonds. The zero-order valence-electron chi connectivity index (χ0n) is 19.9. The highest BCUT2D eigenvalue weighted by Gasteiger charge is 2.48. The number of unbranched alkanes of at least 4 members (excludes halogenated alkanes) is 3. The molecular formula is C27H29ClN4O4. The second-order valence-electron chi connectivity index (χ2n) is 9.50. The molecule has 0 unspecified atom stereocenters. The molecule has 0 bridgehead atoms. The zero-order chi connectivity index (χ0) is 25.2. The van der Waals surface area contributed by atoms with E-state index in [1.807, 2.05) is 42.5 Å². The Morgan fingerprint density at radius 3 is 2.58 bits per heavy atom. The highest BCUT2D eigenvalue weighted by atomic mass is 35.5. The normalized spacial score (nSPS) is 19.4. The van der Waals surface area contributed by atoms with Gasteiger partial charge in [-0.2, -0.15) is 0 Å². The number of benzene rings is 2. The van der Waals surface area contributed by atoms with Crippen molar-refractivity contribution in [3.63, 3.8) is 0 Å². The lowest BCUT2D eigenvalue weighted by Gasteiger charge is -2.47. The van der Waals surface area contributed by atoms with Crippen LogP contribution in [0, 0.1) is 0 Å². The first kappa shape index (κ1) is 24.3. The first-order chi connectivity index (χ1) is 17.5. The van der Waals surface area contributed by atoms with E-state index in [4.69, 9.17) is 16.8 Å². The summed E-state index contributed by atoms with van der Waals surface area (Å²) in [4.78, 5) is 45.3. The number of nitrogens with zero attached hydrogens (tertiary/aromatic N) is 2. The maximum Gasteiger partial charge on any atom is 0.246 e. The van der Waals surface area contributed by atoms with Crippen molar-refractivity contribution in [3.05, 3.63) is 70.4 Å². The summed E-state index contributed by atoms with van der Waals surface area (Å²) in [6.07, 6.45) is 3.82. The Balaban J connectivity index is 1.38. The van der Waals surface area contributed by atoms with E-state index in [0.717, 1.165) is 47.0 Å². The number of nitrogens with one attached hydrogen (secondary N) is 2. The van der Waals surface area contributed by atoms with Crippen molar-refractivity contribution < 1.29 is 19.6 Å². The summed E-state index contributed by atoms with van der Waals surface area (Å²) in [7, 11) is 0. The van der Waals surface area contributed by atoms with Crippen LogP contribution in [0.3, 0.4) is 0 Å². The maximum atomic E-state index is 13.7. The van der Waals surface area contributed by atoms with Crippen LogP contribution >= 0.6 is 11.6 Å². The van der Waals surface area contributed by atoms with E-state index in [2.05, 4.69) is 11.1 Å². The molecule has 2 atom stereocenters. The number of hydroxylamine groups is 1. The molecule has 5 rings (SSSR count). The van der Waals surface area contributed by atoms with Crippen LogP contribution in [0.5, 0.6) is 0 Å². The number of carbonyl (C=O) groups excluding carboxylic acids is 3. The summed E-state index contributed by atoms with van der Waals surface area (Å²) in [6, 6.07) is 14.6. The van der Waals surface area contributed by atoms with Gasteiger partial charge >= 0.3 is 0 Å². The predicted octanol–water partition coefficient (Wildman–Crippen LogP) is 3.96. The first-order valence-corrected chi connectivity index (χ1v) is 12.7. The molecule has 2 aliphatic heterocycles. The van der Waals surface area contributed by atoms with Crippen LogP contribution in [0.1, 0.15) is 55.0 Å². The van der Waals surface area contributed by atoms with Crippen molar-refractivity contribution in [1.82, 2.24) is 20.3 Å². The van der Waals surface area contributed by atoms with Crippen LogP contribution < -0.4 is 5.48 Å². The summed E-state index contributed by atoms with van der Waals surface area (Å²) in [5.41, 5.74) is 5.58.